The van der Waals surface area contributed by atoms with Gasteiger partial charge in [-0.25, -0.2) is 4.99 Å². The van der Waals surface area contributed by atoms with Crippen LogP contribution in [-0.2, 0) is 0 Å². The fourth-order valence-corrected chi connectivity index (χ4v) is 3.07. The average Bonchev–Trinajstić information content (AvgIpc) is 2.63. The molecule has 0 spiro atoms. The van der Waals surface area contributed by atoms with Crippen LogP contribution in [0.25, 0.3) is 16.3 Å². The van der Waals surface area contributed by atoms with E-state index in [1.807, 2.05) is 36.4 Å². The van der Waals surface area contributed by atoms with Crippen molar-refractivity contribution in [3.8, 4) is 0 Å². The first kappa shape index (κ1) is 14.0. The molecule has 1 aromatic heterocycles. The van der Waals surface area contributed by atoms with Crippen LogP contribution in [0, 0.1) is 0 Å². The molecule has 0 fully saturated rings. The number of para-hydroxylation sites is 1. The van der Waals surface area contributed by atoms with Crippen molar-refractivity contribution in [2.24, 2.45) is 4.99 Å². The Morgan fingerprint density at radius 1 is 0.870 bits per heavy atom. The second kappa shape index (κ2) is 6.25. The van der Waals surface area contributed by atoms with E-state index in [-0.39, 0.29) is 0 Å². The molecule has 23 heavy (non-hydrogen) atoms. The first-order valence-corrected chi connectivity index (χ1v) is 8.22. The third-order valence-electron chi connectivity index (χ3n) is 4.28. The molecule has 0 amide bonds. The Balaban J connectivity index is 1.94. The topological polar surface area (TPSA) is 25.5 Å². The third-order valence-corrected chi connectivity index (χ3v) is 4.28. The van der Waals surface area contributed by atoms with Crippen molar-refractivity contribution in [2.75, 3.05) is 0 Å². The van der Waals surface area contributed by atoms with Crippen molar-refractivity contribution in [1.29, 1.82) is 0 Å². The van der Waals surface area contributed by atoms with Crippen molar-refractivity contribution < 1.29 is 4.42 Å². The largest absolute Gasteiger partial charge is 0.438 e. The van der Waals surface area contributed by atoms with Crippen molar-refractivity contribution >= 4 is 22.0 Å². The maximum absolute atomic E-state index is 6.20. The van der Waals surface area contributed by atoms with Crippen molar-refractivity contribution in [3.05, 3.63) is 78.1 Å². The summed E-state index contributed by atoms with van der Waals surface area (Å²) < 4.78 is 6.20. The first-order chi connectivity index (χ1) is 11.4. The number of hydrogen-bond acceptors (Lipinski definition) is 2. The van der Waals surface area contributed by atoms with Crippen LogP contribution in [0.15, 0.2) is 76.1 Å². The van der Waals surface area contributed by atoms with Gasteiger partial charge in [0.15, 0.2) is 0 Å². The molecule has 0 saturated carbocycles. The van der Waals surface area contributed by atoms with Gasteiger partial charge in [0.05, 0.1) is 5.69 Å². The molecule has 114 valence electrons. The van der Waals surface area contributed by atoms with Crippen molar-refractivity contribution in [1.82, 2.24) is 0 Å². The summed E-state index contributed by atoms with van der Waals surface area (Å²) >= 11 is 0. The van der Waals surface area contributed by atoms with E-state index < -0.39 is 0 Å². The highest BCUT2D eigenvalue weighted by molar-refractivity contribution is 5.83. The maximum atomic E-state index is 6.20. The summed E-state index contributed by atoms with van der Waals surface area (Å²) in [6, 6.07) is 20.4. The van der Waals surface area contributed by atoms with Crippen LogP contribution in [0.1, 0.15) is 31.4 Å². The van der Waals surface area contributed by atoms with E-state index >= 15 is 0 Å². The van der Waals surface area contributed by atoms with Gasteiger partial charge in [0.2, 0.25) is 5.55 Å². The molecule has 3 aromatic rings. The second-order valence-electron chi connectivity index (χ2n) is 5.93. The molecule has 1 aliphatic rings. The van der Waals surface area contributed by atoms with Gasteiger partial charge in [-0.1, -0.05) is 42.5 Å². The van der Waals surface area contributed by atoms with Crippen molar-refractivity contribution in [2.45, 2.75) is 25.7 Å². The van der Waals surface area contributed by atoms with Gasteiger partial charge < -0.3 is 4.42 Å². The standard InChI is InChI=1S/C21H19NO/c1-3-9-16(10-4-1)20-15-17-11-7-8-14-19(17)21(23-20)22-18-12-5-2-6-13-18/h2,5-9,11-15H,1,3-4,10H2. The number of hydrogen-bond donors (Lipinski definition) is 0. The highest BCUT2D eigenvalue weighted by Crippen LogP contribution is 2.27. The molecule has 0 unspecified atom stereocenters. The minimum Gasteiger partial charge on any atom is -0.438 e. The van der Waals surface area contributed by atoms with Crippen LogP contribution in [0.2, 0.25) is 0 Å². The third kappa shape index (κ3) is 2.98. The minimum absolute atomic E-state index is 0.691. The lowest BCUT2D eigenvalue weighted by Gasteiger charge is -2.12. The van der Waals surface area contributed by atoms with E-state index in [1.54, 1.807) is 0 Å². The highest BCUT2D eigenvalue weighted by atomic mass is 16.3. The maximum Gasteiger partial charge on any atom is 0.227 e. The average molecular weight is 301 g/mol. The minimum atomic E-state index is 0.691. The monoisotopic (exact) mass is 301 g/mol. The van der Waals surface area contributed by atoms with Crippen LogP contribution in [0.5, 0.6) is 0 Å². The summed E-state index contributed by atoms with van der Waals surface area (Å²) in [5, 5.41) is 2.23. The summed E-state index contributed by atoms with van der Waals surface area (Å²) in [6.45, 7) is 0. The van der Waals surface area contributed by atoms with Crippen LogP contribution >= 0.6 is 0 Å². The van der Waals surface area contributed by atoms with Crippen LogP contribution in [0.3, 0.4) is 0 Å². The first-order valence-electron chi connectivity index (χ1n) is 8.22. The van der Waals surface area contributed by atoms with Gasteiger partial charge in [0.25, 0.3) is 0 Å². The summed E-state index contributed by atoms with van der Waals surface area (Å²) in [5.74, 6) is 0.957. The molecule has 2 nitrogen and oxygen atoms in total. The molecule has 0 radical (unpaired) electrons. The normalized spacial score (nSPS) is 15.7. The Hall–Kier alpha value is -2.61. The molecule has 2 heteroatoms. The Bertz CT molecular complexity index is 919. The van der Waals surface area contributed by atoms with Gasteiger partial charge in [-0.05, 0) is 60.9 Å². The fourth-order valence-electron chi connectivity index (χ4n) is 3.07. The Morgan fingerprint density at radius 2 is 1.70 bits per heavy atom. The fraction of sp³-hybridized carbons (Fsp3) is 0.190. The van der Waals surface area contributed by atoms with Gasteiger partial charge in [0, 0.05) is 5.39 Å². The zero-order chi connectivity index (χ0) is 15.5. The number of benzene rings is 2. The van der Waals surface area contributed by atoms with E-state index in [1.165, 1.54) is 23.8 Å². The molecule has 2 aromatic carbocycles. The van der Waals surface area contributed by atoms with E-state index in [0.29, 0.717) is 5.55 Å². The van der Waals surface area contributed by atoms with Gasteiger partial charge >= 0.3 is 0 Å². The molecule has 1 aliphatic carbocycles. The second-order valence-corrected chi connectivity index (χ2v) is 5.93. The molecule has 0 aliphatic heterocycles. The molecular formula is C21H19NO. The predicted molar refractivity (Wildman–Crippen MR) is 94.3 cm³/mol. The lowest BCUT2D eigenvalue weighted by molar-refractivity contribution is 0.488. The molecule has 4 rings (SSSR count). The number of allylic oxidation sites excluding steroid dienone is 2. The molecular weight excluding hydrogens is 282 g/mol. The number of fused-ring (bicyclic) bond motifs is 1. The van der Waals surface area contributed by atoms with E-state index in [4.69, 9.17) is 9.41 Å². The summed E-state index contributed by atoms with van der Waals surface area (Å²) in [4.78, 5) is 4.73. The zero-order valence-corrected chi connectivity index (χ0v) is 13.0. The van der Waals surface area contributed by atoms with Crippen LogP contribution in [-0.4, -0.2) is 0 Å². The van der Waals surface area contributed by atoms with Gasteiger partial charge in [-0.2, -0.15) is 0 Å². The molecule has 0 N–H and O–H groups in total. The lowest BCUT2D eigenvalue weighted by atomic mass is 9.97. The van der Waals surface area contributed by atoms with Crippen LogP contribution in [0.4, 0.5) is 5.69 Å². The lowest BCUT2D eigenvalue weighted by Crippen LogP contribution is -2.05. The van der Waals surface area contributed by atoms with E-state index in [0.717, 1.165) is 29.7 Å². The number of rotatable bonds is 2. The molecule has 0 saturated heterocycles. The Morgan fingerprint density at radius 3 is 2.52 bits per heavy atom. The quantitative estimate of drug-likeness (QED) is 0.603. The van der Waals surface area contributed by atoms with Crippen molar-refractivity contribution in [3.63, 3.8) is 0 Å². The Labute approximate surface area is 135 Å². The summed E-state index contributed by atoms with van der Waals surface area (Å²) in [5.41, 5.74) is 2.92. The highest BCUT2D eigenvalue weighted by Gasteiger charge is 2.10. The Kier molecular flexibility index (Phi) is 3.81. The SMILES string of the molecule is C1=C(c2cc3ccccc3c(=Nc3ccccc3)o2)CCCC1. The zero-order valence-electron chi connectivity index (χ0n) is 13.0. The van der Waals surface area contributed by atoms with E-state index in [9.17, 15) is 0 Å². The molecule has 1 heterocycles. The van der Waals surface area contributed by atoms with Gasteiger partial charge in [-0.3, -0.25) is 0 Å². The van der Waals surface area contributed by atoms with Gasteiger partial charge in [0.1, 0.15) is 5.76 Å². The van der Waals surface area contributed by atoms with Crippen LogP contribution < -0.4 is 5.55 Å². The smallest absolute Gasteiger partial charge is 0.227 e. The summed E-state index contributed by atoms with van der Waals surface area (Å²) in [7, 11) is 0. The molecule has 0 bridgehead atoms. The predicted octanol–water partition coefficient (Wildman–Crippen LogP) is 5.62. The van der Waals surface area contributed by atoms with Gasteiger partial charge in [-0.15, -0.1) is 0 Å². The number of nitrogens with zero attached hydrogens (tertiary/aromatic N) is 1. The van der Waals surface area contributed by atoms with E-state index in [2.05, 4.69) is 30.3 Å². The molecule has 0 atom stereocenters. The summed E-state index contributed by atoms with van der Waals surface area (Å²) in [6.07, 6.45) is 7.05.